The Kier molecular flexibility index (Phi) is 6.78. The van der Waals surface area contributed by atoms with Gasteiger partial charge in [0.1, 0.15) is 0 Å². The Morgan fingerprint density at radius 1 is 1.07 bits per heavy atom. The summed E-state index contributed by atoms with van der Waals surface area (Å²) in [7, 11) is 3.18. The molecule has 2 aromatic rings. The molecule has 0 radical (unpaired) electrons. The van der Waals surface area contributed by atoms with Gasteiger partial charge in [0.05, 0.1) is 19.9 Å². The van der Waals surface area contributed by atoms with Gasteiger partial charge < -0.3 is 29.1 Å². The van der Waals surface area contributed by atoms with Crippen LogP contribution >= 0.6 is 0 Å². The van der Waals surface area contributed by atoms with Crippen LogP contribution in [0.4, 0.5) is 0 Å². The molecule has 0 atom stereocenters. The van der Waals surface area contributed by atoms with Crippen LogP contribution in [0.15, 0.2) is 41.6 Å². The second kappa shape index (κ2) is 9.68. The first-order chi connectivity index (χ1) is 14.1. The molecule has 2 aromatic carbocycles. The molecule has 8 heteroatoms. The minimum atomic E-state index is -0.243. The van der Waals surface area contributed by atoms with Gasteiger partial charge in [0.2, 0.25) is 6.79 Å². The molecular weight excluding hydrogens is 376 g/mol. The van der Waals surface area contributed by atoms with E-state index in [-0.39, 0.29) is 19.3 Å². The smallest absolute Gasteiger partial charge is 0.260 e. The van der Waals surface area contributed by atoms with Crippen LogP contribution < -0.4 is 24.3 Å². The Bertz CT molecular complexity index is 897. The zero-order chi connectivity index (χ0) is 20.6. The van der Waals surface area contributed by atoms with E-state index in [2.05, 4.69) is 10.5 Å². The Labute approximate surface area is 169 Å². The van der Waals surface area contributed by atoms with Gasteiger partial charge in [-0.05, 0) is 49.2 Å². The fourth-order valence-electron chi connectivity index (χ4n) is 2.80. The highest BCUT2D eigenvalue weighted by atomic mass is 16.7. The van der Waals surface area contributed by atoms with Crippen LogP contribution in [-0.2, 0) is 16.1 Å². The molecule has 154 valence electrons. The maximum Gasteiger partial charge on any atom is 0.260 e. The average Bonchev–Trinajstić information content (AvgIpc) is 3.21. The van der Waals surface area contributed by atoms with Gasteiger partial charge in [0.25, 0.3) is 5.91 Å². The van der Waals surface area contributed by atoms with Gasteiger partial charge in [-0.25, -0.2) is 0 Å². The Morgan fingerprint density at radius 2 is 1.86 bits per heavy atom. The Hall–Kier alpha value is -3.42. The number of hydrogen-bond acceptors (Lipinski definition) is 7. The molecule has 0 aliphatic carbocycles. The van der Waals surface area contributed by atoms with Crippen molar-refractivity contribution < 1.29 is 28.6 Å². The lowest BCUT2D eigenvalue weighted by Gasteiger charge is -2.10. The molecule has 0 saturated heterocycles. The SMILES string of the molecule is COc1ccc(CCNC(=O)CO/N=C(/C)c2ccc3c(c2)OCO3)cc1OC. The summed E-state index contributed by atoms with van der Waals surface area (Å²) in [5.41, 5.74) is 2.50. The number of fused-ring (bicyclic) bond motifs is 1. The van der Waals surface area contributed by atoms with E-state index in [1.165, 1.54) is 0 Å². The van der Waals surface area contributed by atoms with E-state index in [9.17, 15) is 4.79 Å². The Morgan fingerprint density at radius 3 is 2.66 bits per heavy atom. The maximum atomic E-state index is 11.9. The molecule has 0 bridgehead atoms. The van der Waals surface area contributed by atoms with Gasteiger partial charge in [-0.2, -0.15) is 0 Å². The van der Waals surface area contributed by atoms with Crippen LogP contribution in [0.25, 0.3) is 0 Å². The first-order valence-corrected chi connectivity index (χ1v) is 9.15. The van der Waals surface area contributed by atoms with Crippen molar-refractivity contribution in [3.63, 3.8) is 0 Å². The molecule has 3 rings (SSSR count). The summed E-state index contributed by atoms with van der Waals surface area (Å²) in [6, 6.07) is 11.2. The summed E-state index contributed by atoms with van der Waals surface area (Å²) in [6.07, 6.45) is 0.658. The van der Waals surface area contributed by atoms with Crippen LogP contribution in [0.5, 0.6) is 23.0 Å². The summed E-state index contributed by atoms with van der Waals surface area (Å²) in [5.74, 6) is 2.46. The topological polar surface area (TPSA) is 87.6 Å². The van der Waals surface area contributed by atoms with Crippen LogP contribution in [0.3, 0.4) is 0 Å². The van der Waals surface area contributed by atoms with Crippen molar-refractivity contribution in [2.24, 2.45) is 5.16 Å². The number of carbonyl (C=O) groups excluding carboxylic acids is 1. The minimum absolute atomic E-state index is 0.159. The summed E-state index contributed by atoms with van der Waals surface area (Å²) in [6.45, 7) is 2.33. The minimum Gasteiger partial charge on any atom is -0.493 e. The molecule has 0 unspecified atom stereocenters. The highest BCUT2D eigenvalue weighted by Crippen LogP contribution is 2.32. The summed E-state index contributed by atoms with van der Waals surface area (Å²) in [4.78, 5) is 17.1. The average molecular weight is 400 g/mol. The lowest BCUT2D eigenvalue weighted by atomic mass is 10.1. The molecular formula is C21H24N2O6. The molecule has 1 aliphatic heterocycles. The second-order valence-corrected chi connectivity index (χ2v) is 6.31. The summed E-state index contributed by atoms with van der Waals surface area (Å²) >= 11 is 0. The molecule has 29 heavy (non-hydrogen) atoms. The molecule has 1 aliphatic rings. The van der Waals surface area contributed by atoms with Gasteiger partial charge in [-0.3, -0.25) is 4.79 Å². The molecule has 0 aromatic heterocycles. The number of oxime groups is 1. The zero-order valence-corrected chi connectivity index (χ0v) is 16.7. The van der Waals surface area contributed by atoms with Crippen molar-refractivity contribution in [2.75, 3.05) is 34.2 Å². The van der Waals surface area contributed by atoms with E-state index in [0.29, 0.717) is 41.7 Å². The van der Waals surface area contributed by atoms with E-state index in [0.717, 1.165) is 11.1 Å². The fraction of sp³-hybridized carbons (Fsp3) is 0.333. The van der Waals surface area contributed by atoms with Gasteiger partial charge >= 0.3 is 0 Å². The summed E-state index contributed by atoms with van der Waals surface area (Å²) in [5, 5.41) is 6.80. The highest BCUT2D eigenvalue weighted by molar-refractivity contribution is 5.99. The van der Waals surface area contributed by atoms with Crippen LogP contribution in [-0.4, -0.2) is 45.8 Å². The van der Waals surface area contributed by atoms with E-state index < -0.39 is 0 Å². The number of nitrogens with one attached hydrogen (secondary N) is 1. The summed E-state index contributed by atoms with van der Waals surface area (Å²) < 4.78 is 21.1. The highest BCUT2D eigenvalue weighted by Gasteiger charge is 2.14. The third-order valence-electron chi connectivity index (χ3n) is 4.37. The second-order valence-electron chi connectivity index (χ2n) is 6.31. The van der Waals surface area contributed by atoms with Gasteiger partial charge in [0.15, 0.2) is 29.6 Å². The largest absolute Gasteiger partial charge is 0.493 e. The predicted molar refractivity (Wildman–Crippen MR) is 107 cm³/mol. The third-order valence-corrected chi connectivity index (χ3v) is 4.37. The van der Waals surface area contributed by atoms with Crippen molar-refractivity contribution in [1.82, 2.24) is 5.32 Å². The van der Waals surface area contributed by atoms with E-state index in [1.54, 1.807) is 21.1 Å². The normalized spacial score (nSPS) is 12.4. The maximum absolute atomic E-state index is 11.9. The van der Waals surface area contributed by atoms with E-state index in [1.807, 2.05) is 36.4 Å². The number of amides is 1. The van der Waals surface area contributed by atoms with Crippen molar-refractivity contribution in [1.29, 1.82) is 0 Å². The molecule has 1 N–H and O–H groups in total. The van der Waals surface area contributed by atoms with Crippen LogP contribution in [0.1, 0.15) is 18.1 Å². The first kappa shape index (κ1) is 20.3. The number of hydrogen-bond donors (Lipinski definition) is 1. The van der Waals surface area contributed by atoms with Crippen LogP contribution in [0.2, 0.25) is 0 Å². The Balaban J connectivity index is 1.42. The predicted octanol–water partition coefficient (Wildman–Crippen LogP) is 2.53. The number of ether oxygens (including phenoxy) is 4. The van der Waals surface area contributed by atoms with Gasteiger partial charge in [-0.1, -0.05) is 11.2 Å². The van der Waals surface area contributed by atoms with Crippen molar-refractivity contribution in [3.8, 4) is 23.0 Å². The zero-order valence-electron chi connectivity index (χ0n) is 16.7. The number of rotatable bonds is 9. The quantitative estimate of drug-likeness (QED) is 0.514. The van der Waals surface area contributed by atoms with Crippen molar-refractivity contribution in [3.05, 3.63) is 47.5 Å². The van der Waals surface area contributed by atoms with Gasteiger partial charge in [-0.15, -0.1) is 0 Å². The molecule has 1 amide bonds. The molecule has 0 saturated carbocycles. The van der Waals surface area contributed by atoms with Crippen LogP contribution in [0, 0.1) is 0 Å². The van der Waals surface area contributed by atoms with E-state index >= 15 is 0 Å². The van der Waals surface area contributed by atoms with Crippen molar-refractivity contribution >= 4 is 11.6 Å². The standard InChI is InChI=1S/C21H24N2O6/c1-14(16-5-7-18-20(11-16)28-13-27-18)23-29-12-21(24)22-9-8-15-4-6-17(25-2)19(10-15)26-3/h4-7,10-11H,8-9,12-13H2,1-3H3,(H,22,24)/b23-14-. The first-order valence-electron chi connectivity index (χ1n) is 9.15. The fourth-order valence-corrected chi connectivity index (χ4v) is 2.80. The monoisotopic (exact) mass is 400 g/mol. The molecule has 8 nitrogen and oxygen atoms in total. The number of methoxy groups -OCH3 is 2. The number of carbonyl (C=O) groups is 1. The number of benzene rings is 2. The molecule has 0 spiro atoms. The third kappa shape index (κ3) is 5.31. The van der Waals surface area contributed by atoms with Crippen molar-refractivity contribution in [2.45, 2.75) is 13.3 Å². The lowest BCUT2D eigenvalue weighted by molar-refractivity contribution is -0.125. The number of nitrogens with zero attached hydrogens (tertiary/aromatic N) is 1. The molecule has 1 heterocycles. The van der Waals surface area contributed by atoms with E-state index in [4.69, 9.17) is 23.8 Å². The lowest BCUT2D eigenvalue weighted by Crippen LogP contribution is -2.29. The van der Waals surface area contributed by atoms with Gasteiger partial charge in [0, 0.05) is 12.1 Å². The molecule has 0 fully saturated rings.